The summed E-state index contributed by atoms with van der Waals surface area (Å²) in [6.45, 7) is -1.31. The highest BCUT2D eigenvalue weighted by atomic mass is 19.4. The van der Waals surface area contributed by atoms with Crippen molar-refractivity contribution in [1.29, 1.82) is 0 Å². The van der Waals surface area contributed by atoms with Crippen LogP contribution in [0.2, 0.25) is 0 Å². The molecule has 0 unspecified atom stereocenters. The minimum absolute atomic E-state index is 0.0913. The Balaban J connectivity index is 2.55. The number of ether oxygens (including phenoxy) is 1. The second kappa shape index (κ2) is 3.55. The number of hydrogen-bond donors (Lipinski definition) is 1. The maximum atomic E-state index is 11.7. The lowest BCUT2D eigenvalue weighted by Crippen LogP contribution is -2.19. The van der Waals surface area contributed by atoms with Crippen LogP contribution in [-0.2, 0) is 0 Å². The third-order valence-corrected chi connectivity index (χ3v) is 1.20. The van der Waals surface area contributed by atoms with Gasteiger partial charge in [0.25, 0.3) is 0 Å². The minimum Gasteiger partial charge on any atom is -0.484 e. The molecule has 1 radical (unpaired) electrons. The standard InChI is InChI=1S/C8H7F3NO/c9-8(10,11)5-13-7-3-1-2-6(12)4-7/h1,3-4H,5,12H2. The lowest BCUT2D eigenvalue weighted by atomic mass is 10.3. The number of halogens is 3. The van der Waals surface area contributed by atoms with E-state index in [1.165, 1.54) is 18.2 Å². The van der Waals surface area contributed by atoms with Gasteiger partial charge in [0.2, 0.25) is 0 Å². The fourth-order valence-corrected chi connectivity index (χ4v) is 0.718. The van der Waals surface area contributed by atoms with Gasteiger partial charge in [0, 0.05) is 17.8 Å². The highest BCUT2D eigenvalue weighted by molar-refractivity contribution is 5.42. The van der Waals surface area contributed by atoms with Crippen molar-refractivity contribution < 1.29 is 17.9 Å². The average molecular weight is 190 g/mol. The van der Waals surface area contributed by atoms with Gasteiger partial charge >= 0.3 is 6.18 Å². The van der Waals surface area contributed by atoms with Crippen LogP contribution in [-0.4, -0.2) is 12.8 Å². The molecule has 5 heteroatoms. The van der Waals surface area contributed by atoms with Gasteiger partial charge in [0.05, 0.1) is 0 Å². The molecule has 2 nitrogen and oxygen atoms in total. The number of nitrogen functional groups attached to an aromatic ring is 1. The van der Waals surface area contributed by atoms with Crippen molar-refractivity contribution in [2.45, 2.75) is 6.18 Å². The molecule has 0 saturated heterocycles. The van der Waals surface area contributed by atoms with E-state index in [0.29, 0.717) is 0 Å². The zero-order chi connectivity index (χ0) is 9.90. The Kier molecular flexibility index (Phi) is 2.65. The highest BCUT2D eigenvalue weighted by Gasteiger charge is 2.28. The molecule has 0 aliphatic rings. The van der Waals surface area contributed by atoms with Crippen molar-refractivity contribution in [2.24, 2.45) is 0 Å². The van der Waals surface area contributed by atoms with Crippen molar-refractivity contribution in [2.75, 3.05) is 12.3 Å². The average Bonchev–Trinajstić information content (AvgIpc) is 2.00. The Morgan fingerprint density at radius 3 is 2.69 bits per heavy atom. The largest absolute Gasteiger partial charge is 0.484 e. The third kappa shape index (κ3) is 3.68. The molecule has 0 aliphatic carbocycles. The molecule has 0 aromatic heterocycles. The molecule has 0 aliphatic heterocycles. The monoisotopic (exact) mass is 190 g/mol. The van der Waals surface area contributed by atoms with E-state index >= 15 is 0 Å². The van der Waals surface area contributed by atoms with Crippen LogP contribution in [0.4, 0.5) is 18.9 Å². The summed E-state index contributed by atoms with van der Waals surface area (Å²) < 4.78 is 39.5. The van der Waals surface area contributed by atoms with Crippen molar-refractivity contribution in [3.63, 3.8) is 0 Å². The molecule has 1 rings (SSSR count). The molecule has 13 heavy (non-hydrogen) atoms. The van der Waals surface area contributed by atoms with Crippen molar-refractivity contribution in [3.05, 3.63) is 24.3 Å². The van der Waals surface area contributed by atoms with Crippen LogP contribution < -0.4 is 10.5 Å². The van der Waals surface area contributed by atoms with Crippen LogP contribution in [0.1, 0.15) is 0 Å². The summed E-state index contributed by atoms with van der Waals surface area (Å²) in [6.07, 6.45) is -4.33. The van der Waals surface area contributed by atoms with E-state index in [4.69, 9.17) is 5.73 Å². The van der Waals surface area contributed by atoms with Crippen LogP contribution in [0.25, 0.3) is 0 Å². The Hall–Kier alpha value is -1.39. The van der Waals surface area contributed by atoms with E-state index < -0.39 is 12.8 Å². The third-order valence-electron chi connectivity index (χ3n) is 1.20. The van der Waals surface area contributed by atoms with Gasteiger partial charge in [-0.05, 0) is 12.1 Å². The van der Waals surface area contributed by atoms with E-state index in [9.17, 15) is 13.2 Å². The fraction of sp³-hybridized carbons (Fsp3) is 0.250. The first-order valence-electron chi connectivity index (χ1n) is 3.44. The Morgan fingerprint density at radius 1 is 1.46 bits per heavy atom. The lowest BCUT2D eigenvalue weighted by molar-refractivity contribution is -0.153. The maximum absolute atomic E-state index is 11.7. The smallest absolute Gasteiger partial charge is 0.422 e. The molecule has 1 aromatic rings. The summed E-state index contributed by atoms with van der Waals surface area (Å²) in [5.41, 5.74) is 5.53. The Bertz CT molecular complexity index is 285. The van der Waals surface area contributed by atoms with E-state index in [1.54, 1.807) is 0 Å². The summed E-state index contributed by atoms with van der Waals surface area (Å²) in [6, 6.07) is 6.64. The summed E-state index contributed by atoms with van der Waals surface area (Å²) in [5.74, 6) is 0.0913. The normalized spacial score (nSPS) is 11.3. The first-order valence-corrected chi connectivity index (χ1v) is 3.44. The molecule has 0 saturated carbocycles. The van der Waals surface area contributed by atoms with Crippen molar-refractivity contribution in [3.8, 4) is 5.75 Å². The lowest BCUT2D eigenvalue weighted by Gasteiger charge is -2.08. The van der Waals surface area contributed by atoms with Gasteiger partial charge in [-0.2, -0.15) is 13.2 Å². The molecule has 0 fully saturated rings. The second-order valence-corrected chi connectivity index (χ2v) is 2.38. The molecule has 0 bridgehead atoms. The molecule has 0 amide bonds. The number of alkyl halides is 3. The summed E-state index contributed by atoms with van der Waals surface area (Å²) in [5, 5.41) is 0. The zero-order valence-electron chi connectivity index (χ0n) is 6.56. The van der Waals surface area contributed by atoms with Crippen LogP contribution in [0.5, 0.6) is 5.75 Å². The summed E-state index contributed by atoms with van der Waals surface area (Å²) in [7, 11) is 0. The first kappa shape index (κ1) is 9.70. The van der Waals surface area contributed by atoms with Gasteiger partial charge in [0.1, 0.15) is 5.75 Å². The van der Waals surface area contributed by atoms with Gasteiger partial charge in [-0.25, -0.2) is 0 Å². The van der Waals surface area contributed by atoms with Gasteiger partial charge in [-0.15, -0.1) is 0 Å². The van der Waals surface area contributed by atoms with Crippen LogP contribution in [0.3, 0.4) is 0 Å². The first-order chi connectivity index (χ1) is 5.97. The second-order valence-electron chi connectivity index (χ2n) is 2.38. The number of nitrogens with two attached hydrogens (primary N) is 1. The highest BCUT2D eigenvalue weighted by Crippen LogP contribution is 2.19. The molecule has 71 valence electrons. The topological polar surface area (TPSA) is 35.2 Å². The molecule has 2 N–H and O–H groups in total. The SMILES string of the molecule is Nc1[c]ccc(OCC(F)(F)F)c1. The Labute approximate surface area is 73.1 Å². The van der Waals surface area contributed by atoms with E-state index in [2.05, 4.69) is 10.8 Å². The zero-order valence-corrected chi connectivity index (χ0v) is 6.56. The summed E-state index contributed by atoms with van der Waals surface area (Å²) >= 11 is 0. The number of anilines is 1. The number of hydrogen-bond acceptors (Lipinski definition) is 2. The molecule has 0 spiro atoms. The molecule has 1 aromatic carbocycles. The van der Waals surface area contributed by atoms with E-state index in [0.717, 1.165) is 0 Å². The predicted octanol–water partition coefficient (Wildman–Crippen LogP) is 2.01. The quantitative estimate of drug-likeness (QED) is 0.724. The van der Waals surface area contributed by atoms with Gasteiger partial charge in [-0.1, -0.05) is 0 Å². The van der Waals surface area contributed by atoms with Gasteiger partial charge in [-0.3, -0.25) is 0 Å². The van der Waals surface area contributed by atoms with Crippen LogP contribution in [0.15, 0.2) is 18.2 Å². The van der Waals surface area contributed by atoms with E-state index in [1.807, 2.05) is 0 Å². The minimum atomic E-state index is -4.33. The number of benzene rings is 1. The van der Waals surface area contributed by atoms with Gasteiger partial charge < -0.3 is 10.5 Å². The summed E-state index contributed by atoms with van der Waals surface area (Å²) in [4.78, 5) is 0. The fourth-order valence-electron chi connectivity index (χ4n) is 0.718. The molecule has 0 atom stereocenters. The number of rotatable bonds is 2. The molecule has 0 heterocycles. The van der Waals surface area contributed by atoms with Crippen molar-refractivity contribution >= 4 is 5.69 Å². The molecular weight excluding hydrogens is 183 g/mol. The Morgan fingerprint density at radius 2 is 2.15 bits per heavy atom. The van der Waals surface area contributed by atoms with Gasteiger partial charge in [0.15, 0.2) is 6.61 Å². The maximum Gasteiger partial charge on any atom is 0.422 e. The van der Waals surface area contributed by atoms with Crippen molar-refractivity contribution in [1.82, 2.24) is 0 Å². The van der Waals surface area contributed by atoms with E-state index in [-0.39, 0.29) is 11.4 Å². The van der Waals surface area contributed by atoms with Crippen LogP contribution >= 0.6 is 0 Å². The predicted molar refractivity (Wildman–Crippen MR) is 41.2 cm³/mol. The van der Waals surface area contributed by atoms with Crippen LogP contribution in [0, 0.1) is 6.07 Å². The molecular formula is C8H7F3NO.